The first-order valence-corrected chi connectivity index (χ1v) is 15.8. The molecule has 0 spiro atoms. The lowest BCUT2D eigenvalue weighted by atomic mass is 9.47. The highest BCUT2D eigenvalue weighted by molar-refractivity contribution is 5.76. The molecular weight excluding hydrogens is 468 g/mol. The number of likely N-dealkylation sites (tertiary alicyclic amines) is 1. The summed E-state index contributed by atoms with van der Waals surface area (Å²) in [5, 5.41) is 10.3. The van der Waals surface area contributed by atoms with Crippen LogP contribution in [0.15, 0.2) is 36.2 Å². The van der Waals surface area contributed by atoms with Gasteiger partial charge in [-0.15, -0.1) is 0 Å². The predicted octanol–water partition coefficient (Wildman–Crippen LogP) is 7.14. The van der Waals surface area contributed by atoms with Crippen LogP contribution in [0, 0.1) is 40.4 Å². The molecule has 38 heavy (non-hydrogen) atoms. The number of hydrogen-bond acceptors (Lipinski definition) is 3. The number of aliphatic hydroxyl groups excluding tert-OH is 1. The fourth-order valence-corrected chi connectivity index (χ4v) is 10.4. The highest BCUT2D eigenvalue weighted by atomic mass is 16.3. The van der Waals surface area contributed by atoms with Crippen LogP contribution in [0.2, 0.25) is 0 Å². The van der Waals surface area contributed by atoms with Crippen LogP contribution in [-0.2, 0) is 4.79 Å². The van der Waals surface area contributed by atoms with Gasteiger partial charge in [0.05, 0.1) is 6.10 Å². The molecule has 1 aromatic rings. The van der Waals surface area contributed by atoms with E-state index in [9.17, 15) is 9.90 Å². The zero-order valence-electron chi connectivity index (χ0n) is 24.1. The van der Waals surface area contributed by atoms with E-state index in [1.165, 1.54) is 44.1 Å². The summed E-state index contributed by atoms with van der Waals surface area (Å²) in [6.07, 6.45) is 19.9. The zero-order valence-corrected chi connectivity index (χ0v) is 24.1. The molecule has 6 rings (SSSR count). The molecule has 0 unspecified atom stereocenters. The maximum Gasteiger partial charge on any atom is 0.222 e. The van der Waals surface area contributed by atoms with Crippen molar-refractivity contribution in [1.82, 2.24) is 9.88 Å². The van der Waals surface area contributed by atoms with Gasteiger partial charge in [0, 0.05) is 31.9 Å². The van der Waals surface area contributed by atoms with Gasteiger partial charge >= 0.3 is 0 Å². The van der Waals surface area contributed by atoms with Gasteiger partial charge in [-0.05, 0) is 135 Å². The van der Waals surface area contributed by atoms with Gasteiger partial charge in [-0.1, -0.05) is 32.4 Å². The maximum absolute atomic E-state index is 13.2. The normalized spacial score (nSPS) is 40.1. The summed E-state index contributed by atoms with van der Waals surface area (Å²) in [6, 6.07) is 4.27. The van der Waals surface area contributed by atoms with Crippen LogP contribution >= 0.6 is 0 Å². The predicted molar refractivity (Wildman–Crippen MR) is 152 cm³/mol. The smallest absolute Gasteiger partial charge is 0.222 e. The van der Waals surface area contributed by atoms with Gasteiger partial charge in [-0.3, -0.25) is 9.78 Å². The molecule has 4 fully saturated rings. The number of rotatable bonds is 5. The molecule has 3 saturated carbocycles. The number of carbonyl (C=O) groups excluding carboxylic acids is 1. The van der Waals surface area contributed by atoms with Crippen LogP contribution < -0.4 is 0 Å². The Kier molecular flexibility index (Phi) is 7.25. The van der Waals surface area contributed by atoms with Crippen molar-refractivity contribution in [3.8, 4) is 0 Å². The van der Waals surface area contributed by atoms with Crippen LogP contribution in [0.5, 0.6) is 0 Å². The second-order valence-corrected chi connectivity index (χ2v) is 14.3. The number of allylic oxidation sites excluding steroid dienone is 1. The number of pyridine rings is 1. The van der Waals surface area contributed by atoms with Crippen LogP contribution in [-0.4, -0.2) is 40.1 Å². The number of aliphatic hydroxyl groups is 1. The third-order valence-electron chi connectivity index (χ3n) is 12.7. The van der Waals surface area contributed by atoms with E-state index in [0.29, 0.717) is 28.6 Å². The fraction of sp³-hybridized carbons (Fsp3) is 0.765. The van der Waals surface area contributed by atoms with E-state index in [1.54, 1.807) is 5.57 Å². The minimum atomic E-state index is -0.119. The number of amides is 1. The Balaban J connectivity index is 1.04. The average molecular weight is 519 g/mol. The fourth-order valence-electron chi connectivity index (χ4n) is 10.4. The number of nitrogens with zero attached hydrogens (tertiary/aromatic N) is 2. The van der Waals surface area contributed by atoms with Crippen LogP contribution in [0.3, 0.4) is 0 Å². The van der Waals surface area contributed by atoms with Gasteiger partial charge in [0.25, 0.3) is 0 Å². The van der Waals surface area contributed by atoms with Crippen molar-refractivity contribution in [3.05, 3.63) is 41.7 Å². The minimum Gasteiger partial charge on any atom is -0.393 e. The molecule has 4 heteroatoms. The largest absolute Gasteiger partial charge is 0.393 e. The van der Waals surface area contributed by atoms with E-state index in [-0.39, 0.29) is 6.10 Å². The van der Waals surface area contributed by atoms with Crippen molar-refractivity contribution < 1.29 is 9.90 Å². The summed E-state index contributed by atoms with van der Waals surface area (Å²) < 4.78 is 0. The Morgan fingerprint density at radius 1 is 1.05 bits per heavy atom. The van der Waals surface area contributed by atoms with E-state index in [1.807, 2.05) is 12.4 Å². The molecule has 4 nitrogen and oxygen atoms in total. The molecule has 1 N–H and O–H groups in total. The Labute approximate surface area is 230 Å². The van der Waals surface area contributed by atoms with Crippen molar-refractivity contribution in [1.29, 1.82) is 0 Å². The molecule has 0 radical (unpaired) electrons. The van der Waals surface area contributed by atoms with Gasteiger partial charge in [0.15, 0.2) is 0 Å². The Hall–Kier alpha value is -1.68. The highest BCUT2D eigenvalue weighted by Crippen LogP contribution is 2.67. The highest BCUT2D eigenvalue weighted by Gasteiger charge is 2.59. The molecule has 5 aliphatic rings. The van der Waals surface area contributed by atoms with Crippen molar-refractivity contribution in [2.45, 2.75) is 110 Å². The van der Waals surface area contributed by atoms with Gasteiger partial charge in [0.2, 0.25) is 5.91 Å². The van der Waals surface area contributed by atoms with Crippen LogP contribution in [0.4, 0.5) is 0 Å². The van der Waals surface area contributed by atoms with Gasteiger partial charge in [-0.2, -0.15) is 0 Å². The third kappa shape index (κ3) is 4.57. The summed E-state index contributed by atoms with van der Waals surface area (Å²) in [6.45, 7) is 9.41. The molecule has 8 atom stereocenters. The number of aromatic nitrogens is 1. The monoisotopic (exact) mass is 518 g/mol. The number of piperidine rings is 1. The molecule has 1 aliphatic heterocycles. The second-order valence-electron chi connectivity index (χ2n) is 14.3. The zero-order chi connectivity index (χ0) is 26.5. The standard InChI is InChI=1S/C34H50N2O2/c1-23(4-9-32(38)36-20-14-25(15-21-36)24-12-18-35-19-13-24)29-7-8-30-28-6-5-26-22-27(37)10-16-33(26,2)31(28)11-17-34(29,30)3/h5,12-13,18-19,23,25,27-31,37H,4,6-11,14-17,20-22H2,1-3H3/t23-,27+,28+,29-,30+,31+,33+,34-/m1/s1. The Bertz CT molecular complexity index is 1030. The molecule has 1 saturated heterocycles. The Morgan fingerprint density at radius 3 is 2.58 bits per heavy atom. The summed E-state index contributed by atoms with van der Waals surface area (Å²) in [5.41, 5.74) is 3.71. The molecule has 1 amide bonds. The summed E-state index contributed by atoms with van der Waals surface area (Å²) in [7, 11) is 0. The van der Waals surface area contributed by atoms with Gasteiger partial charge < -0.3 is 10.0 Å². The summed E-state index contributed by atoms with van der Waals surface area (Å²) in [4.78, 5) is 19.5. The van der Waals surface area contributed by atoms with Crippen molar-refractivity contribution in [2.24, 2.45) is 40.4 Å². The number of carbonyl (C=O) groups is 1. The SMILES string of the molecule is C[C@H](CCC(=O)N1CCC(c2ccncc2)CC1)[C@H]1CC[C@H]2[C@@H]3CC=C4C[C@@H](O)CC[C@]4(C)[C@H]3CC[C@]12C. The molecule has 2 heterocycles. The second kappa shape index (κ2) is 10.4. The number of fused-ring (bicyclic) bond motifs is 5. The van der Waals surface area contributed by atoms with E-state index in [0.717, 1.165) is 75.3 Å². The van der Waals surface area contributed by atoms with E-state index < -0.39 is 0 Å². The van der Waals surface area contributed by atoms with Crippen molar-refractivity contribution in [3.63, 3.8) is 0 Å². The molecule has 208 valence electrons. The van der Waals surface area contributed by atoms with Crippen molar-refractivity contribution in [2.75, 3.05) is 13.1 Å². The van der Waals surface area contributed by atoms with Gasteiger partial charge in [0.1, 0.15) is 0 Å². The summed E-state index contributed by atoms with van der Waals surface area (Å²) in [5.74, 6) is 4.78. The topological polar surface area (TPSA) is 53.4 Å². The molecular formula is C34H50N2O2. The van der Waals surface area contributed by atoms with E-state index >= 15 is 0 Å². The first-order chi connectivity index (χ1) is 18.3. The molecule has 4 aliphatic carbocycles. The Morgan fingerprint density at radius 2 is 1.82 bits per heavy atom. The van der Waals surface area contributed by atoms with Gasteiger partial charge in [-0.25, -0.2) is 0 Å². The molecule has 0 bridgehead atoms. The van der Waals surface area contributed by atoms with Crippen LogP contribution in [0.25, 0.3) is 0 Å². The first kappa shape index (κ1) is 26.5. The van der Waals surface area contributed by atoms with Crippen LogP contribution in [0.1, 0.15) is 109 Å². The lowest BCUT2D eigenvalue weighted by Gasteiger charge is -2.58. The average Bonchev–Trinajstić information content (AvgIpc) is 3.30. The molecule has 1 aromatic heterocycles. The summed E-state index contributed by atoms with van der Waals surface area (Å²) >= 11 is 0. The van der Waals surface area contributed by atoms with Crippen molar-refractivity contribution >= 4 is 5.91 Å². The minimum absolute atomic E-state index is 0.119. The quantitative estimate of drug-likeness (QED) is 0.421. The lowest BCUT2D eigenvalue weighted by Crippen LogP contribution is -2.50. The molecule has 0 aromatic carbocycles. The maximum atomic E-state index is 13.2. The number of hydrogen-bond donors (Lipinski definition) is 1. The third-order valence-corrected chi connectivity index (χ3v) is 12.7. The lowest BCUT2D eigenvalue weighted by molar-refractivity contribution is -0.132. The first-order valence-electron chi connectivity index (χ1n) is 15.8. The van der Waals surface area contributed by atoms with E-state index in [2.05, 4.69) is 48.9 Å². The van der Waals surface area contributed by atoms with E-state index in [4.69, 9.17) is 0 Å².